The number of esters is 1. The van der Waals surface area contributed by atoms with Gasteiger partial charge in [0.25, 0.3) is 11.6 Å². The Morgan fingerprint density at radius 2 is 1.92 bits per heavy atom. The van der Waals surface area contributed by atoms with Crippen LogP contribution in [0.1, 0.15) is 20.3 Å². The molecule has 1 aromatic rings. The summed E-state index contributed by atoms with van der Waals surface area (Å²) in [6, 6.07) is 5.50. The second kappa shape index (κ2) is 8.46. The van der Waals surface area contributed by atoms with E-state index >= 15 is 0 Å². The quantitative estimate of drug-likeness (QED) is 0.442. The van der Waals surface area contributed by atoms with E-state index in [0.717, 1.165) is 6.42 Å². The van der Waals surface area contributed by atoms with Gasteiger partial charge in [0.15, 0.2) is 13.2 Å². The lowest BCUT2D eigenvalue weighted by molar-refractivity contribution is -0.384. The van der Waals surface area contributed by atoms with Gasteiger partial charge in [-0.05, 0) is 24.3 Å². The number of ether oxygens (including phenoxy) is 2. The van der Waals surface area contributed by atoms with Gasteiger partial charge < -0.3 is 14.4 Å². The highest BCUT2D eigenvalue weighted by molar-refractivity contribution is 5.81. The fraction of sp³-hybridized carbons (Fsp3) is 0.529. The molecule has 0 aliphatic carbocycles. The normalized spacial score (nSPS) is 20.0. The third kappa shape index (κ3) is 5.74. The fourth-order valence-corrected chi connectivity index (χ4v) is 2.97. The lowest BCUT2D eigenvalue weighted by atomic mass is 9.92. The average molecular weight is 350 g/mol. The maximum atomic E-state index is 12.1. The molecule has 0 spiro atoms. The molecule has 0 N–H and O–H groups in total. The molecule has 8 nitrogen and oxygen atoms in total. The van der Waals surface area contributed by atoms with Crippen molar-refractivity contribution in [2.24, 2.45) is 11.8 Å². The number of piperidine rings is 1. The largest absolute Gasteiger partial charge is 0.482 e. The number of non-ortho nitro benzene ring substituents is 1. The maximum absolute atomic E-state index is 12.1. The van der Waals surface area contributed by atoms with Crippen LogP contribution < -0.4 is 4.74 Å². The van der Waals surface area contributed by atoms with Crippen molar-refractivity contribution in [2.45, 2.75) is 20.3 Å². The highest BCUT2D eigenvalue weighted by atomic mass is 16.6. The van der Waals surface area contributed by atoms with E-state index in [0.29, 0.717) is 24.9 Å². The first-order chi connectivity index (χ1) is 11.8. The van der Waals surface area contributed by atoms with Crippen molar-refractivity contribution in [1.82, 2.24) is 4.90 Å². The molecule has 0 unspecified atom stereocenters. The van der Waals surface area contributed by atoms with Gasteiger partial charge in [0, 0.05) is 19.2 Å². The van der Waals surface area contributed by atoms with Gasteiger partial charge in [0.2, 0.25) is 0 Å². The number of benzene rings is 1. The van der Waals surface area contributed by atoms with Crippen molar-refractivity contribution in [1.29, 1.82) is 0 Å². The van der Waals surface area contributed by atoms with Crippen molar-refractivity contribution in [3.05, 3.63) is 34.4 Å². The number of carbonyl (C=O) groups is 2. The van der Waals surface area contributed by atoms with Crippen LogP contribution in [-0.4, -0.2) is 48.0 Å². The molecule has 8 heteroatoms. The van der Waals surface area contributed by atoms with Crippen LogP contribution in [0.25, 0.3) is 0 Å². The lowest BCUT2D eigenvalue weighted by Crippen LogP contribution is -2.44. The molecule has 0 radical (unpaired) electrons. The average Bonchev–Trinajstić information content (AvgIpc) is 2.57. The number of amides is 1. The smallest absolute Gasteiger partial charge is 0.344 e. The molecule has 0 bridgehead atoms. The van der Waals surface area contributed by atoms with E-state index in [1.54, 1.807) is 4.90 Å². The Balaban J connectivity index is 1.76. The SMILES string of the molecule is C[C@@H]1C[C@@H](C)CN(C(=O)COC(=O)COc2cccc([N+](=O)[O-])c2)C1. The van der Waals surface area contributed by atoms with E-state index in [4.69, 9.17) is 9.47 Å². The zero-order valence-corrected chi connectivity index (χ0v) is 14.3. The monoisotopic (exact) mass is 350 g/mol. The highest BCUT2D eigenvalue weighted by Gasteiger charge is 2.25. The Morgan fingerprint density at radius 1 is 1.24 bits per heavy atom. The highest BCUT2D eigenvalue weighted by Crippen LogP contribution is 2.21. The Hall–Kier alpha value is -2.64. The molecular weight excluding hydrogens is 328 g/mol. The van der Waals surface area contributed by atoms with E-state index in [1.807, 2.05) is 0 Å². The maximum Gasteiger partial charge on any atom is 0.344 e. The molecule has 1 aliphatic rings. The summed E-state index contributed by atoms with van der Waals surface area (Å²) in [6.45, 7) is 4.79. The number of nitro groups is 1. The van der Waals surface area contributed by atoms with Crippen LogP contribution in [0.5, 0.6) is 5.75 Å². The molecule has 0 saturated carbocycles. The number of carbonyl (C=O) groups excluding carboxylic acids is 2. The van der Waals surface area contributed by atoms with Gasteiger partial charge in [-0.3, -0.25) is 14.9 Å². The third-order valence-electron chi connectivity index (χ3n) is 3.96. The number of nitrogens with zero attached hydrogens (tertiary/aromatic N) is 2. The van der Waals surface area contributed by atoms with E-state index in [1.165, 1.54) is 24.3 Å². The Bertz CT molecular complexity index is 638. The van der Waals surface area contributed by atoms with Crippen LogP contribution in [0.3, 0.4) is 0 Å². The third-order valence-corrected chi connectivity index (χ3v) is 3.96. The minimum absolute atomic E-state index is 0.130. The summed E-state index contributed by atoms with van der Waals surface area (Å²) < 4.78 is 10.1. The molecule has 1 aliphatic heterocycles. The second-order valence-corrected chi connectivity index (χ2v) is 6.45. The summed E-state index contributed by atoms with van der Waals surface area (Å²) in [5, 5.41) is 10.7. The molecule has 0 aromatic heterocycles. The van der Waals surface area contributed by atoms with Crippen LogP contribution in [0, 0.1) is 22.0 Å². The summed E-state index contributed by atoms with van der Waals surface area (Å²) in [5.74, 6) is 0.137. The first-order valence-electron chi connectivity index (χ1n) is 8.15. The summed E-state index contributed by atoms with van der Waals surface area (Å²) in [5.41, 5.74) is -0.130. The molecular formula is C17H22N2O6. The standard InChI is InChI=1S/C17H22N2O6/c1-12-6-13(2)9-18(8-12)16(20)10-25-17(21)11-24-15-5-3-4-14(7-15)19(22)23/h3-5,7,12-13H,6,8-11H2,1-2H3/t12-,13-/m1/s1. The van der Waals surface area contributed by atoms with Crippen LogP contribution in [0.15, 0.2) is 24.3 Å². The van der Waals surface area contributed by atoms with Crippen LogP contribution >= 0.6 is 0 Å². The molecule has 1 heterocycles. The molecule has 2 rings (SSSR count). The summed E-state index contributed by atoms with van der Waals surface area (Å²) >= 11 is 0. The summed E-state index contributed by atoms with van der Waals surface area (Å²) in [7, 11) is 0. The van der Waals surface area contributed by atoms with E-state index in [2.05, 4.69) is 13.8 Å². The predicted octanol–water partition coefficient (Wildman–Crippen LogP) is 2.02. The van der Waals surface area contributed by atoms with Gasteiger partial charge in [-0.2, -0.15) is 0 Å². The number of likely N-dealkylation sites (tertiary alicyclic amines) is 1. The number of rotatable bonds is 6. The zero-order valence-electron chi connectivity index (χ0n) is 14.3. The van der Waals surface area contributed by atoms with Gasteiger partial charge in [-0.25, -0.2) is 4.79 Å². The fourth-order valence-electron chi connectivity index (χ4n) is 2.97. The van der Waals surface area contributed by atoms with Crippen LogP contribution in [0.4, 0.5) is 5.69 Å². The first kappa shape index (κ1) is 18.7. The number of hydrogen-bond donors (Lipinski definition) is 0. The zero-order chi connectivity index (χ0) is 18.4. The van der Waals surface area contributed by atoms with Crippen LogP contribution in [-0.2, 0) is 14.3 Å². The molecule has 136 valence electrons. The van der Waals surface area contributed by atoms with Gasteiger partial charge in [-0.1, -0.05) is 19.9 Å². The van der Waals surface area contributed by atoms with Gasteiger partial charge in [0.1, 0.15) is 5.75 Å². The minimum Gasteiger partial charge on any atom is -0.482 e. The summed E-state index contributed by atoms with van der Waals surface area (Å²) in [4.78, 5) is 35.7. The van der Waals surface area contributed by atoms with E-state index < -0.39 is 17.5 Å². The van der Waals surface area contributed by atoms with Gasteiger partial charge >= 0.3 is 5.97 Å². The lowest BCUT2D eigenvalue weighted by Gasteiger charge is -2.34. The van der Waals surface area contributed by atoms with Crippen molar-refractivity contribution in [3.63, 3.8) is 0 Å². The summed E-state index contributed by atoms with van der Waals surface area (Å²) in [6.07, 6.45) is 1.08. The number of hydrogen-bond acceptors (Lipinski definition) is 6. The van der Waals surface area contributed by atoms with Crippen molar-refractivity contribution < 1.29 is 24.0 Å². The molecule has 1 saturated heterocycles. The molecule has 2 atom stereocenters. The first-order valence-corrected chi connectivity index (χ1v) is 8.15. The second-order valence-electron chi connectivity index (χ2n) is 6.45. The van der Waals surface area contributed by atoms with Crippen molar-refractivity contribution in [3.8, 4) is 5.75 Å². The van der Waals surface area contributed by atoms with Crippen LogP contribution in [0.2, 0.25) is 0 Å². The number of nitro benzene ring substituents is 1. The molecule has 25 heavy (non-hydrogen) atoms. The molecule has 1 fully saturated rings. The Kier molecular flexibility index (Phi) is 6.32. The Labute approximate surface area is 145 Å². The Morgan fingerprint density at radius 3 is 2.56 bits per heavy atom. The minimum atomic E-state index is -0.696. The van der Waals surface area contributed by atoms with E-state index in [9.17, 15) is 19.7 Å². The van der Waals surface area contributed by atoms with Gasteiger partial charge in [-0.15, -0.1) is 0 Å². The van der Waals surface area contributed by atoms with E-state index in [-0.39, 0.29) is 24.0 Å². The molecule has 1 amide bonds. The van der Waals surface area contributed by atoms with Crippen molar-refractivity contribution in [2.75, 3.05) is 26.3 Å². The topological polar surface area (TPSA) is 99.0 Å². The predicted molar refractivity (Wildman–Crippen MR) is 89.1 cm³/mol. The van der Waals surface area contributed by atoms with Crippen molar-refractivity contribution >= 4 is 17.6 Å². The molecule has 1 aromatic carbocycles. The van der Waals surface area contributed by atoms with Gasteiger partial charge in [0.05, 0.1) is 11.0 Å².